The average molecular weight is 385 g/mol. The van der Waals surface area contributed by atoms with Gasteiger partial charge in [0.15, 0.2) is 0 Å². The van der Waals surface area contributed by atoms with Crippen LogP contribution in [0.5, 0.6) is 0 Å². The van der Waals surface area contributed by atoms with Crippen molar-refractivity contribution < 1.29 is 14.7 Å². The minimum atomic E-state index is -0.224. The quantitative estimate of drug-likeness (QED) is 0.819. The number of carbonyl (C=O) groups excluding carboxylic acids is 2. The molecule has 2 aliphatic rings. The zero-order valence-electron chi connectivity index (χ0n) is 17.2. The van der Waals surface area contributed by atoms with Crippen LogP contribution in [-0.4, -0.2) is 59.0 Å². The van der Waals surface area contributed by atoms with Crippen molar-refractivity contribution in [3.05, 3.63) is 41.5 Å². The highest BCUT2D eigenvalue weighted by Crippen LogP contribution is 2.42. The molecule has 1 aliphatic carbocycles. The molecule has 1 N–H and O–H groups in total. The van der Waals surface area contributed by atoms with Crippen LogP contribution in [0.1, 0.15) is 63.0 Å². The maximum absolute atomic E-state index is 12.5. The van der Waals surface area contributed by atoms with Gasteiger partial charge in [-0.25, -0.2) is 0 Å². The number of aliphatic hydroxyl groups is 1. The van der Waals surface area contributed by atoms with E-state index in [2.05, 4.69) is 30.3 Å². The van der Waals surface area contributed by atoms with E-state index in [0.717, 1.165) is 18.4 Å². The van der Waals surface area contributed by atoms with Gasteiger partial charge in [-0.15, -0.1) is 0 Å². The van der Waals surface area contributed by atoms with E-state index < -0.39 is 0 Å². The lowest BCUT2D eigenvalue weighted by molar-refractivity contribution is -0.153. The summed E-state index contributed by atoms with van der Waals surface area (Å²) in [7, 11) is 1.76. The molecule has 152 valence electrons. The van der Waals surface area contributed by atoms with E-state index in [-0.39, 0.29) is 36.4 Å². The smallest absolute Gasteiger partial charge is 0.222 e. The van der Waals surface area contributed by atoms with Crippen molar-refractivity contribution in [2.24, 2.45) is 0 Å². The van der Waals surface area contributed by atoms with E-state index in [4.69, 9.17) is 0 Å². The number of benzene rings is 1. The molecule has 1 saturated heterocycles. The Kier molecular flexibility index (Phi) is 6.55. The van der Waals surface area contributed by atoms with E-state index in [1.165, 1.54) is 30.9 Å². The van der Waals surface area contributed by atoms with Gasteiger partial charge in [-0.1, -0.05) is 37.3 Å². The predicted octanol–water partition coefficient (Wildman–Crippen LogP) is 3.19. The fourth-order valence-electron chi connectivity index (χ4n) is 4.58. The van der Waals surface area contributed by atoms with Crippen LogP contribution < -0.4 is 0 Å². The van der Waals surface area contributed by atoms with E-state index in [0.29, 0.717) is 13.0 Å². The van der Waals surface area contributed by atoms with Crippen molar-refractivity contribution >= 4 is 17.4 Å². The second kappa shape index (κ2) is 8.91. The number of hydrogen-bond acceptors (Lipinski definition) is 3. The van der Waals surface area contributed by atoms with Gasteiger partial charge in [-0.2, -0.15) is 0 Å². The molecule has 5 nitrogen and oxygen atoms in total. The third kappa shape index (κ3) is 4.00. The van der Waals surface area contributed by atoms with Gasteiger partial charge in [-0.05, 0) is 42.4 Å². The highest BCUT2D eigenvalue weighted by atomic mass is 16.3. The summed E-state index contributed by atoms with van der Waals surface area (Å²) < 4.78 is 0. The summed E-state index contributed by atoms with van der Waals surface area (Å²) in [6.45, 7) is 3.79. The number of rotatable bonds is 6. The first-order valence-corrected chi connectivity index (χ1v) is 10.4. The zero-order chi connectivity index (χ0) is 20.3. The molecule has 0 radical (unpaired) electrons. The molecule has 1 heterocycles. The number of allylic oxidation sites excluding steroid dienone is 2. The molecule has 1 fully saturated rings. The fourth-order valence-corrected chi connectivity index (χ4v) is 4.58. The van der Waals surface area contributed by atoms with Gasteiger partial charge >= 0.3 is 0 Å². The first kappa shape index (κ1) is 20.6. The molecule has 3 atom stereocenters. The summed E-state index contributed by atoms with van der Waals surface area (Å²) in [5.74, 6) is 0.0487. The molecule has 28 heavy (non-hydrogen) atoms. The Morgan fingerprint density at radius 1 is 1.18 bits per heavy atom. The summed E-state index contributed by atoms with van der Waals surface area (Å²) in [5.41, 5.74) is 3.81. The van der Waals surface area contributed by atoms with Gasteiger partial charge in [0.25, 0.3) is 0 Å². The maximum atomic E-state index is 12.5. The Morgan fingerprint density at radius 3 is 2.43 bits per heavy atom. The molecule has 2 amide bonds. The lowest BCUT2D eigenvalue weighted by Gasteiger charge is -2.55. The molecule has 0 saturated carbocycles. The van der Waals surface area contributed by atoms with Gasteiger partial charge in [0.05, 0.1) is 18.7 Å². The molecule has 0 spiro atoms. The monoisotopic (exact) mass is 384 g/mol. The minimum Gasteiger partial charge on any atom is -0.394 e. The number of amides is 2. The number of carbonyl (C=O) groups is 2. The molecule has 0 unspecified atom stereocenters. The largest absolute Gasteiger partial charge is 0.394 e. The topological polar surface area (TPSA) is 60.9 Å². The highest BCUT2D eigenvalue weighted by molar-refractivity contribution is 5.79. The highest BCUT2D eigenvalue weighted by Gasteiger charge is 2.50. The van der Waals surface area contributed by atoms with Crippen LogP contribution in [0.3, 0.4) is 0 Å². The summed E-state index contributed by atoms with van der Waals surface area (Å²) in [6, 6.07) is 8.27. The molecular weight excluding hydrogens is 352 g/mol. The zero-order valence-corrected chi connectivity index (χ0v) is 17.2. The SMILES string of the molecule is CCC(=O)N1[C@H](CN(C)C(C)=O)[C@@H](c2ccc(C3=CCCCC3)cc2)[C@@H]1CO. The van der Waals surface area contributed by atoms with Crippen LogP contribution in [0.25, 0.3) is 5.57 Å². The number of nitrogens with zero attached hydrogens (tertiary/aromatic N) is 2. The lowest BCUT2D eigenvalue weighted by atomic mass is 9.74. The standard InChI is InChI=1S/C23H32N2O3/c1-4-22(28)25-20(14-24(3)16(2)27)23(21(25)15-26)19-12-10-18(11-13-19)17-8-6-5-7-9-17/h8,10-13,20-21,23,26H,4-7,9,14-15H2,1-3H3/t20-,21+,23-/m1/s1. The van der Waals surface area contributed by atoms with Crippen LogP contribution in [0.4, 0.5) is 0 Å². The molecular formula is C23H32N2O3. The normalized spacial score (nSPS) is 24.4. The number of likely N-dealkylation sites (N-methyl/N-ethyl adjacent to an activating group) is 1. The van der Waals surface area contributed by atoms with Crippen molar-refractivity contribution in [1.82, 2.24) is 9.80 Å². The summed E-state index contributed by atoms with van der Waals surface area (Å²) in [4.78, 5) is 27.6. The van der Waals surface area contributed by atoms with Crippen LogP contribution in [0, 0.1) is 0 Å². The van der Waals surface area contributed by atoms with Gasteiger partial charge in [-0.3, -0.25) is 9.59 Å². The molecule has 1 aromatic rings. The first-order chi connectivity index (χ1) is 13.5. The van der Waals surface area contributed by atoms with Gasteiger partial charge in [0.2, 0.25) is 11.8 Å². The molecule has 5 heteroatoms. The third-order valence-corrected chi connectivity index (χ3v) is 6.28. The second-order valence-electron chi connectivity index (χ2n) is 7.99. The third-order valence-electron chi connectivity index (χ3n) is 6.28. The Balaban J connectivity index is 1.85. The predicted molar refractivity (Wildman–Crippen MR) is 111 cm³/mol. The van der Waals surface area contributed by atoms with Gasteiger partial charge in [0.1, 0.15) is 0 Å². The summed E-state index contributed by atoms with van der Waals surface area (Å²) in [5, 5.41) is 9.97. The Hall–Kier alpha value is -2.14. The maximum Gasteiger partial charge on any atom is 0.222 e. The Morgan fingerprint density at radius 2 is 1.89 bits per heavy atom. The molecule has 3 rings (SSSR count). The van der Waals surface area contributed by atoms with E-state index >= 15 is 0 Å². The number of likely N-dealkylation sites (tertiary alicyclic amines) is 1. The van der Waals surface area contributed by atoms with Crippen molar-refractivity contribution in [3.8, 4) is 0 Å². The first-order valence-electron chi connectivity index (χ1n) is 10.4. The second-order valence-corrected chi connectivity index (χ2v) is 7.99. The van der Waals surface area contributed by atoms with E-state index in [1.54, 1.807) is 16.8 Å². The van der Waals surface area contributed by atoms with Gasteiger partial charge in [0, 0.05) is 32.9 Å². The van der Waals surface area contributed by atoms with E-state index in [9.17, 15) is 14.7 Å². The van der Waals surface area contributed by atoms with Crippen molar-refractivity contribution in [3.63, 3.8) is 0 Å². The van der Waals surface area contributed by atoms with Crippen molar-refractivity contribution in [2.45, 2.75) is 64.0 Å². The van der Waals surface area contributed by atoms with Crippen LogP contribution in [-0.2, 0) is 9.59 Å². The Bertz CT molecular complexity index is 741. The lowest BCUT2D eigenvalue weighted by Crippen LogP contribution is -2.68. The van der Waals surface area contributed by atoms with Crippen molar-refractivity contribution in [2.75, 3.05) is 20.2 Å². The molecule has 0 bridgehead atoms. The van der Waals surface area contributed by atoms with Crippen molar-refractivity contribution in [1.29, 1.82) is 0 Å². The molecule has 1 aliphatic heterocycles. The number of aliphatic hydroxyl groups excluding tert-OH is 1. The van der Waals surface area contributed by atoms with Crippen LogP contribution in [0.15, 0.2) is 30.3 Å². The van der Waals surface area contributed by atoms with E-state index in [1.807, 2.05) is 6.92 Å². The minimum absolute atomic E-state index is 0.0188. The summed E-state index contributed by atoms with van der Waals surface area (Å²) >= 11 is 0. The number of hydrogen-bond donors (Lipinski definition) is 1. The average Bonchev–Trinajstić information content (AvgIpc) is 2.71. The molecule has 0 aromatic heterocycles. The molecule has 1 aromatic carbocycles. The fraction of sp³-hybridized carbons (Fsp3) is 0.565. The van der Waals surface area contributed by atoms with Crippen LogP contribution >= 0.6 is 0 Å². The summed E-state index contributed by atoms with van der Waals surface area (Å²) in [6.07, 6.45) is 7.54. The van der Waals surface area contributed by atoms with Gasteiger partial charge < -0.3 is 14.9 Å². The van der Waals surface area contributed by atoms with Crippen LogP contribution in [0.2, 0.25) is 0 Å². The Labute approximate surface area is 168 Å².